The Kier molecular flexibility index (Phi) is 2.73. The maximum absolute atomic E-state index is 11.0. The Morgan fingerprint density at radius 2 is 2.25 bits per heavy atom. The van der Waals surface area contributed by atoms with E-state index < -0.39 is 11.4 Å². The lowest BCUT2D eigenvalue weighted by atomic mass is 9.67. The highest BCUT2D eigenvalue weighted by Crippen LogP contribution is 2.40. The number of aliphatic hydroxyl groups is 1. The Hall–Kier alpha value is -0.570. The Balaban J connectivity index is 2.81. The molecule has 2 unspecified atom stereocenters. The molecule has 12 heavy (non-hydrogen) atoms. The van der Waals surface area contributed by atoms with E-state index in [0.717, 1.165) is 19.3 Å². The summed E-state index contributed by atoms with van der Waals surface area (Å²) in [5.41, 5.74) is -0.849. The minimum Gasteiger partial charge on any atom is -0.481 e. The zero-order valence-corrected chi connectivity index (χ0v) is 7.42. The molecule has 0 aliphatic heterocycles. The van der Waals surface area contributed by atoms with E-state index in [-0.39, 0.29) is 12.5 Å². The quantitative estimate of drug-likeness (QED) is 0.659. The van der Waals surface area contributed by atoms with Crippen molar-refractivity contribution < 1.29 is 15.0 Å². The minimum absolute atomic E-state index is 0.105. The number of carboxylic acids is 1. The molecule has 0 radical (unpaired) electrons. The van der Waals surface area contributed by atoms with Gasteiger partial charge in [-0.1, -0.05) is 19.8 Å². The standard InChI is InChI=1S/C9H16O3/c1-7-4-2-3-5-9(7,6-10)8(11)12/h7,10H,2-6H2,1H3,(H,11,12). The molecule has 1 aliphatic rings. The number of rotatable bonds is 2. The van der Waals surface area contributed by atoms with Crippen molar-refractivity contribution in [3.8, 4) is 0 Å². The molecule has 0 aromatic rings. The summed E-state index contributed by atoms with van der Waals surface area (Å²) in [5, 5.41) is 18.1. The van der Waals surface area contributed by atoms with Crippen LogP contribution in [-0.2, 0) is 4.79 Å². The third-order valence-electron chi connectivity index (χ3n) is 3.16. The van der Waals surface area contributed by atoms with Crippen LogP contribution in [0.1, 0.15) is 32.6 Å². The van der Waals surface area contributed by atoms with E-state index in [1.165, 1.54) is 0 Å². The molecule has 0 aromatic carbocycles. The largest absolute Gasteiger partial charge is 0.481 e. The van der Waals surface area contributed by atoms with Gasteiger partial charge in [0.1, 0.15) is 0 Å². The second kappa shape index (κ2) is 3.44. The smallest absolute Gasteiger partial charge is 0.312 e. The average Bonchev–Trinajstić information content (AvgIpc) is 2.05. The second-order valence-corrected chi connectivity index (χ2v) is 3.77. The molecule has 2 N–H and O–H groups in total. The topological polar surface area (TPSA) is 57.5 Å². The van der Waals surface area contributed by atoms with E-state index in [4.69, 9.17) is 10.2 Å². The van der Waals surface area contributed by atoms with Gasteiger partial charge in [0.15, 0.2) is 0 Å². The molecule has 0 spiro atoms. The minimum atomic E-state index is -0.849. The molecule has 1 fully saturated rings. The van der Waals surface area contributed by atoms with Crippen LogP contribution in [0.5, 0.6) is 0 Å². The van der Waals surface area contributed by atoms with Crippen molar-refractivity contribution in [2.75, 3.05) is 6.61 Å². The molecular weight excluding hydrogens is 156 g/mol. The summed E-state index contributed by atoms with van der Waals surface area (Å²) in [7, 11) is 0. The fraction of sp³-hybridized carbons (Fsp3) is 0.889. The van der Waals surface area contributed by atoms with E-state index in [9.17, 15) is 4.79 Å². The molecule has 0 aromatic heterocycles. The number of carbonyl (C=O) groups is 1. The molecule has 1 aliphatic carbocycles. The van der Waals surface area contributed by atoms with Crippen LogP contribution in [0, 0.1) is 11.3 Å². The molecule has 3 heteroatoms. The van der Waals surface area contributed by atoms with Crippen LogP contribution >= 0.6 is 0 Å². The third kappa shape index (κ3) is 1.33. The van der Waals surface area contributed by atoms with Gasteiger partial charge in [0.25, 0.3) is 0 Å². The monoisotopic (exact) mass is 172 g/mol. The molecular formula is C9H16O3. The van der Waals surface area contributed by atoms with E-state index in [1.54, 1.807) is 0 Å². The Labute approximate surface area is 72.4 Å². The zero-order valence-electron chi connectivity index (χ0n) is 7.42. The van der Waals surface area contributed by atoms with Crippen molar-refractivity contribution in [2.24, 2.45) is 11.3 Å². The zero-order chi connectivity index (χ0) is 9.19. The highest BCUT2D eigenvalue weighted by molar-refractivity contribution is 5.75. The van der Waals surface area contributed by atoms with E-state index in [2.05, 4.69) is 0 Å². The second-order valence-electron chi connectivity index (χ2n) is 3.77. The Bertz CT molecular complexity index is 179. The first-order valence-corrected chi connectivity index (χ1v) is 4.48. The molecule has 0 saturated heterocycles. The van der Waals surface area contributed by atoms with Gasteiger partial charge in [-0.3, -0.25) is 4.79 Å². The Morgan fingerprint density at radius 3 is 2.58 bits per heavy atom. The normalized spacial score (nSPS) is 36.3. The van der Waals surface area contributed by atoms with Crippen LogP contribution in [0.25, 0.3) is 0 Å². The molecule has 2 atom stereocenters. The van der Waals surface area contributed by atoms with Crippen molar-refractivity contribution >= 4 is 5.97 Å². The summed E-state index contributed by atoms with van der Waals surface area (Å²) in [6.07, 6.45) is 3.57. The van der Waals surface area contributed by atoms with Gasteiger partial charge in [0, 0.05) is 0 Å². The van der Waals surface area contributed by atoms with Crippen molar-refractivity contribution in [3.05, 3.63) is 0 Å². The van der Waals surface area contributed by atoms with Gasteiger partial charge in [0.05, 0.1) is 12.0 Å². The maximum Gasteiger partial charge on any atom is 0.312 e. The summed E-state index contributed by atoms with van der Waals surface area (Å²) < 4.78 is 0. The van der Waals surface area contributed by atoms with Crippen molar-refractivity contribution in [1.82, 2.24) is 0 Å². The lowest BCUT2D eigenvalue weighted by Crippen LogP contribution is -2.42. The first-order chi connectivity index (χ1) is 5.63. The summed E-state index contributed by atoms with van der Waals surface area (Å²) in [6, 6.07) is 0. The predicted octanol–water partition coefficient (Wildman–Crippen LogP) is 1.26. The van der Waals surface area contributed by atoms with E-state index in [0.29, 0.717) is 6.42 Å². The van der Waals surface area contributed by atoms with Gasteiger partial charge < -0.3 is 10.2 Å². The van der Waals surface area contributed by atoms with Crippen LogP contribution in [0.4, 0.5) is 0 Å². The number of hydrogen-bond donors (Lipinski definition) is 2. The van der Waals surface area contributed by atoms with Crippen LogP contribution in [0.15, 0.2) is 0 Å². The summed E-state index contributed by atoms with van der Waals surface area (Å²) in [5.74, 6) is -0.731. The number of carboxylic acid groups (broad SMARTS) is 1. The first-order valence-electron chi connectivity index (χ1n) is 4.48. The molecule has 70 valence electrons. The SMILES string of the molecule is CC1CCCCC1(CO)C(=O)O. The van der Waals surface area contributed by atoms with Gasteiger partial charge in [-0.05, 0) is 18.8 Å². The fourth-order valence-corrected chi connectivity index (χ4v) is 2.03. The maximum atomic E-state index is 11.0. The van der Waals surface area contributed by atoms with E-state index >= 15 is 0 Å². The summed E-state index contributed by atoms with van der Waals surface area (Å²) in [6.45, 7) is 1.70. The van der Waals surface area contributed by atoms with Crippen molar-refractivity contribution in [2.45, 2.75) is 32.6 Å². The molecule has 1 rings (SSSR count). The van der Waals surface area contributed by atoms with Gasteiger partial charge in [-0.2, -0.15) is 0 Å². The average molecular weight is 172 g/mol. The first kappa shape index (κ1) is 9.52. The molecule has 0 amide bonds. The number of aliphatic carboxylic acids is 1. The van der Waals surface area contributed by atoms with Crippen molar-refractivity contribution in [1.29, 1.82) is 0 Å². The van der Waals surface area contributed by atoms with Gasteiger partial charge in [-0.25, -0.2) is 0 Å². The van der Waals surface area contributed by atoms with Gasteiger partial charge in [-0.15, -0.1) is 0 Å². The van der Waals surface area contributed by atoms with Crippen LogP contribution in [0.3, 0.4) is 0 Å². The molecule has 1 saturated carbocycles. The van der Waals surface area contributed by atoms with Crippen LogP contribution < -0.4 is 0 Å². The lowest BCUT2D eigenvalue weighted by Gasteiger charge is -2.37. The van der Waals surface area contributed by atoms with E-state index in [1.807, 2.05) is 6.92 Å². The van der Waals surface area contributed by atoms with Gasteiger partial charge >= 0.3 is 5.97 Å². The summed E-state index contributed by atoms with van der Waals surface area (Å²) in [4.78, 5) is 11.0. The summed E-state index contributed by atoms with van der Waals surface area (Å²) >= 11 is 0. The third-order valence-corrected chi connectivity index (χ3v) is 3.16. The van der Waals surface area contributed by atoms with Crippen molar-refractivity contribution in [3.63, 3.8) is 0 Å². The fourth-order valence-electron chi connectivity index (χ4n) is 2.03. The van der Waals surface area contributed by atoms with Gasteiger partial charge in [0.2, 0.25) is 0 Å². The molecule has 3 nitrogen and oxygen atoms in total. The highest BCUT2D eigenvalue weighted by Gasteiger charge is 2.44. The number of aliphatic hydroxyl groups excluding tert-OH is 1. The van der Waals surface area contributed by atoms with Crippen LogP contribution in [0.2, 0.25) is 0 Å². The van der Waals surface area contributed by atoms with Crippen LogP contribution in [-0.4, -0.2) is 22.8 Å². The lowest BCUT2D eigenvalue weighted by molar-refractivity contribution is -0.158. The Morgan fingerprint density at radius 1 is 1.58 bits per heavy atom. The highest BCUT2D eigenvalue weighted by atomic mass is 16.4. The predicted molar refractivity (Wildman–Crippen MR) is 44.8 cm³/mol. The molecule has 0 bridgehead atoms. The molecule has 0 heterocycles. The number of hydrogen-bond acceptors (Lipinski definition) is 2.